The number of nitrogens with zero attached hydrogens (tertiary/aromatic N) is 4. The minimum Gasteiger partial charge on any atom is -0.292 e. The maximum atomic E-state index is 13.5. The van der Waals surface area contributed by atoms with Gasteiger partial charge in [-0.05, 0) is 31.2 Å². The molecule has 2 aromatic carbocycles. The Hall–Kier alpha value is -4.48. The van der Waals surface area contributed by atoms with E-state index in [1.807, 2.05) is 6.92 Å². The van der Waals surface area contributed by atoms with E-state index in [4.69, 9.17) is 0 Å². The van der Waals surface area contributed by atoms with Crippen molar-refractivity contribution in [3.8, 4) is 0 Å². The van der Waals surface area contributed by atoms with E-state index in [1.54, 1.807) is 0 Å². The highest BCUT2D eigenvalue weighted by Crippen LogP contribution is 2.41. The third-order valence-electron chi connectivity index (χ3n) is 6.62. The Labute approximate surface area is 204 Å². The molecule has 12 nitrogen and oxygen atoms in total. The van der Waals surface area contributed by atoms with E-state index in [0.717, 1.165) is 18.6 Å². The van der Waals surface area contributed by atoms with Crippen molar-refractivity contribution in [2.24, 2.45) is 17.8 Å². The van der Waals surface area contributed by atoms with Gasteiger partial charge in [0.15, 0.2) is 5.78 Å². The fraction of sp³-hybridized carbons (Fsp3) is 0.333. The molecule has 2 aromatic rings. The van der Waals surface area contributed by atoms with Crippen molar-refractivity contribution in [2.45, 2.75) is 26.2 Å². The predicted molar refractivity (Wildman–Crippen MR) is 123 cm³/mol. The predicted octanol–water partition coefficient (Wildman–Crippen LogP) is 3.16. The Balaban J connectivity index is 1.72. The Kier molecular flexibility index (Phi) is 6.60. The number of fused-ring (bicyclic) bond motifs is 1. The molecule has 1 aliphatic carbocycles. The molecule has 1 saturated heterocycles. The maximum Gasteiger partial charge on any atom is 0.273 e. The molecule has 2 aliphatic rings. The van der Waals surface area contributed by atoms with Crippen LogP contribution in [-0.4, -0.2) is 49.9 Å². The van der Waals surface area contributed by atoms with Crippen LogP contribution in [0.3, 0.4) is 0 Å². The Morgan fingerprint density at radius 3 is 2.08 bits per heavy atom. The minimum absolute atomic E-state index is 0.0915. The highest BCUT2D eigenvalue weighted by molar-refractivity contribution is 6.09. The summed E-state index contributed by atoms with van der Waals surface area (Å²) in [6, 6.07) is 9.59. The van der Waals surface area contributed by atoms with Gasteiger partial charge in [-0.15, -0.1) is 0 Å². The average molecular weight is 494 g/mol. The molecule has 1 saturated carbocycles. The second-order valence-electron chi connectivity index (χ2n) is 9.02. The highest BCUT2D eigenvalue weighted by atomic mass is 16.6. The third-order valence-corrected chi connectivity index (χ3v) is 6.62. The molecule has 186 valence electrons. The number of nitro groups is 2. The lowest BCUT2D eigenvalue weighted by atomic mass is 9.76. The number of amides is 3. The molecular formula is C24H22N4O8. The van der Waals surface area contributed by atoms with Gasteiger partial charge < -0.3 is 0 Å². The average Bonchev–Trinajstić information content (AvgIpc) is 3.11. The molecule has 3 amide bonds. The van der Waals surface area contributed by atoms with E-state index in [-0.39, 0.29) is 28.4 Å². The van der Waals surface area contributed by atoms with E-state index in [2.05, 4.69) is 0 Å². The summed E-state index contributed by atoms with van der Waals surface area (Å²) in [6.45, 7) is 1.20. The number of Topliss-reactive ketones (excluding diaryl/α,β-unsaturated/α-hetero) is 1. The van der Waals surface area contributed by atoms with E-state index in [0.29, 0.717) is 22.9 Å². The first kappa shape index (κ1) is 24.6. The van der Waals surface area contributed by atoms with Gasteiger partial charge in [-0.2, -0.15) is 5.01 Å². The molecule has 4 rings (SSSR count). The molecular weight excluding hydrogens is 472 g/mol. The molecule has 0 N–H and O–H groups in total. The number of carbonyl (C=O) groups excluding carboxylic acids is 4. The molecule has 1 aliphatic heterocycles. The van der Waals surface area contributed by atoms with Crippen LogP contribution in [0.2, 0.25) is 0 Å². The lowest BCUT2D eigenvalue weighted by Gasteiger charge is -2.30. The third kappa shape index (κ3) is 4.57. The molecule has 0 aromatic heterocycles. The Morgan fingerprint density at radius 2 is 1.47 bits per heavy atom. The van der Waals surface area contributed by atoms with Gasteiger partial charge in [-0.25, -0.2) is 5.01 Å². The van der Waals surface area contributed by atoms with Crippen LogP contribution < -0.4 is 0 Å². The fourth-order valence-corrected chi connectivity index (χ4v) is 4.77. The number of nitro benzene ring substituents is 2. The number of ketones is 1. The standard InChI is InChI=1S/C24H22N4O8/c1-14-8-9-19-20(10-14)24(32)26(23(19)31)25(22(30)16-5-3-7-18(12-16)28(35)36)13-21(29)15-4-2-6-17(11-15)27(33)34/h2-7,11-12,14,19-20H,8-10,13H2,1H3/t14-,19+,20+/m1/s1. The van der Waals surface area contributed by atoms with E-state index >= 15 is 0 Å². The molecule has 0 unspecified atom stereocenters. The first-order valence-corrected chi connectivity index (χ1v) is 11.3. The van der Waals surface area contributed by atoms with Gasteiger partial charge in [0.1, 0.15) is 6.54 Å². The Bertz CT molecular complexity index is 1290. The van der Waals surface area contributed by atoms with E-state index in [1.165, 1.54) is 36.4 Å². The number of hydrogen-bond donors (Lipinski definition) is 0. The number of imide groups is 1. The lowest BCUT2D eigenvalue weighted by molar-refractivity contribution is -0.385. The van der Waals surface area contributed by atoms with Gasteiger partial charge in [0.2, 0.25) is 0 Å². The zero-order chi connectivity index (χ0) is 26.1. The minimum atomic E-state index is -0.953. The second kappa shape index (κ2) is 9.64. The second-order valence-corrected chi connectivity index (χ2v) is 9.02. The van der Waals surface area contributed by atoms with Gasteiger partial charge in [0, 0.05) is 35.4 Å². The van der Waals surface area contributed by atoms with Crippen LogP contribution in [-0.2, 0) is 9.59 Å². The fourth-order valence-electron chi connectivity index (χ4n) is 4.77. The van der Waals surface area contributed by atoms with E-state index in [9.17, 15) is 39.4 Å². The normalized spacial score (nSPS) is 21.1. The van der Waals surface area contributed by atoms with Crippen molar-refractivity contribution in [3.05, 3.63) is 79.9 Å². The summed E-state index contributed by atoms with van der Waals surface area (Å²) in [5.74, 6) is -3.97. The van der Waals surface area contributed by atoms with Crippen LogP contribution in [0, 0.1) is 38.0 Å². The molecule has 12 heteroatoms. The summed E-state index contributed by atoms with van der Waals surface area (Å²) >= 11 is 0. The summed E-state index contributed by atoms with van der Waals surface area (Å²) in [4.78, 5) is 74.2. The molecule has 3 atom stereocenters. The smallest absolute Gasteiger partial charge is 0.273 e. The topological polar surface area (TPSA) is 161 Å². The van der Waals surface area contributed by atoms with Crippen LogP contribution in [0.1, 0.15) is 46.9 Å². The summed E-state index contributed by atoms with van der Waals surface area (Å²) in [6.07, 6.45) is 1.66. The monoisotopic (exact) mass is 494 g/mol. The highest BCUT2D eigenvalue weighted by Gasteiger charge is 2.52. The molecule has 0 spiro atoms. The van der Waals surface area contributed by atoms with Crippen LogP contribution in [0.25, 0.3) is 0 Å². The maximum absolute atomic E-state index is 13.5. The molecule has 0 bridgehead atoms. The summed E-state index contributed by atoms with van der Waals surface area (Å²) in [7, 11) is 0. The number of carbonyl (C=O) groups is 4. The Morgan fingerprint density at radius 1 is 0.917 bits per heavy atom. The number of benzene rings is 2. The van der Waals surface area contributed by atoms with Gasteiger partial charge in [-0.1, -0.05) is 25.1 Å². The SMILES string of the molecule is C[C@@H]1CC[C@@H]2C(=O)N(N(CC(=O)c3cccc([N+](=O)[O-])c3)C(=O)c3cccc([N+](=O)[O-])c3)C(=O)[C@H]2C1. The summed E-state index contributed by atoms with van der Waals surface area (Å²) in [5.41, 5.74) is -1.01. The first-order chi connectivity index (χ1) is 17.1. The lowest BCUT2D eigenvalue weighted by Crippen LogP contribution is -2.52. The number of hydrogen-bond acceptors (Lipinski definition) is 8. The van der Waals surface area contributed by atoms with Crippen molar-refractivity contribution < 1.29 is 29.0 Å². The molecule has 1 heterocycles. The largest absolute Gasteiger partial charge is 0.292 e. The molecule has 36 heavy (non-hydrogen) atoms. The van der Waals surface area contributed by atoms with Crippen LogP contribution >= 0.6 is 0 Å². The van der Waals surface area contributed by atoms with Crippen molar-refractivity contribution in [3.63, 3.8) is 0 Å². The number of non-ortho nitro benzene ring substituents is 2. The van der Waals surface area contributed by atoms with Crippen molar-refractivity contribution in [1.82, 2.24) is 10.0 Å². The first-order valence-electron chi connectivity index (χ1n) is 11.3. The van der Waals surface area contributed by atoms with E-state index < -0.39 is 51.7 Å². The van der Waals surface area contributed by atoms with Crippen LogP contribution in [0.4, 0.5) is 11.4 Å². The van der Waals surface area contributed by atoms with Crippen LogP contribution in [0.5, 0.6) is 0 Å². The van der Waals surface area contributed by atoms with Gasteiger partial charge in [-0.3, -0.25) is 39.4 Å². The zero-order valence-electron chi connectivity index (χ0n) is 19.2. The van der Waals surface area contributed by atoms with Gasteiger partial charge >= 0.3 is 0 Å². The molecule has 0 radical (unpaired) electrons. The zero-order valence-corrected chi connectivity index (χ0v) is 19.2. The number of hydrazine groups is 1. The molecule has 2 fully saturated rings. The van der Waals surface area contributed by atoms with Gasteiger partial charge in [0.25, 0.3) is 29.1 Å². The van der Waals surface area contributed by atoms with Crippen LogP contribution in [0.15, 0.2) is 48.5 Å². The van der Waals surface area contributed by atoms with Gasteiger partial charge in [0.05, 0.1) is 21.7 Å². The van der Waals surface area contributed by atoms with Crippen molar-refractivity contribution >= 4 is 34.9 Å². The summed E-state index contributed by atoms with van der Waals surface area (Å²) < 4.78 is 0. The summed E-state index contributed by atoms with van der Waals surface area (Å²) in [5, 5.41) is 23.7. The van der Waals surface area contributed by atoms with Crippen molar-refractivity contribution in [2.75, 3.05) is 6.54 Å². The number of rotatable bonds is 7. The van der Waals surface area contributed by atoms with Crippen molar-refractivity contribution in [1.29, 1.82) is 0 Å². The quantitative estimate of drug-likeness (QED) is 0.245.